The Kier molecular flexibility index (Phi) is 3.09. The number of rotatable bonds is 2. The number of hydrogen-bond acceptors (Lipinski definition) is 3. The molecule has 1 atom stereocenters. The molecular formula is C9H19NO2. The largest absolute Gasteiger partial charge is 0.389 e. The molecule has 1 heterocycles. The standard InChI is InChI=1S/C9H19NO2/c1-9(2,12)7-10-6-4-3-5-8(10)11/h8,11-12H,3-7H2,1-2H3. The molecule has 0 saturated carbocycles. The third-order valence-corrected chi connectivity index (χ3v) is 2.17. The molecule has 1 unspecified atom stereocenters. The van der Waals surface area contributed by atoms with Gasteiger partial charge in [-0.2, -0.15) is 0 Å². The Bertz CT molecular complexity index is 142. The molecule has 3 heteroatoms. The summed E-state index contributed by atoms with van der Waals surface area (Å²) in [6.45, 7) is 5.02. The SMILES string of the molecule is CC(C)(O)CN1CCCCC1O. The van der Waals surface area contributed by atoms with Gasteiger partial charge in [-0.05, 0) is 33.1 Å². The molecule has 0 amide bonds. The van der Waals surface area contributed by atoms with E-state index in [2.05, 4.69) is 0 Å². The normalized spacial score (nSPS) is 27.5. The minimum absolute atomic E-state index is 0.342. The van der Waals surface area contributed by atoms with Crippen LogP contribution in [0.4, 0.5) is 0 Å². The van der Waals surface area contributed by atoms with Crippen LogP contribution in [-0.2, 0) is 0 Å². The Morgan fingerprint density at radius 1 is 1.42 bits per heavy atom. The molecule has 1 saturated heterocycles. The highest BCUT2D eigenvalue weighted by molar-refractivity contribution is 4.76. The van der Waals surface area contributed by atoms with Gasteiger partial charge in [-0.25, -0.2) is 0 Å². The van der Waals surface area contributed by atoms with Crippen molar-refractivity contribution >= 4 is 0 Å². The summed E-state index contributed by atoms with van der Waals surface area (Å²) in [6.07, 6.45) is 2.73. The molecule has 1 rings (SSSR count). The first kappa shape index (κ1) is 9.96. The maximum atomic E-state index is 9.55. The first-order valence-electron chi connectivity index (χ1n) is 4.63. The van der Waals surface area contributed by atoms with E-state index in [-0.39, 0.29) is 6.23 Å². The zero-order valence-electron chi connectivity index (χ0n) is 7.95. The summed E-state index contributed by atoms with van der Waals surface area (Å²) in [4.78, 5) is 1.95. The molecule has 1 fully saturated rings. The van der Waals surface area contributed by atoms with Crippen LogP contribution in [0.15, 0.2) is 0 Å². The molecule has 1 aliphatic rings. The van der Waals surface area contributed by atoms with Crippen LogP contribution in [0, 0.1) is 0 Å². The summed E-state index contributed by atoms with van der Waals surface area (Å²) in [7, 11) is 0. The Morgan fingerprint density at radius 3 is 2.58 bits per heavy atom. The lowest BCUT2D eigenvalue weighted by molar-refractivity contribution is -0.0664. The van der Waals surface area contributed by atoms with Gasteiger partial charge in [0.05, 0.1) is 5.60 Å². The second-order valence-corrected chi connectivity index (χ2v) is 4.26. The number of likely N-dealkylation sites (tertiary alicyclic amines) is 1. The summed E-state index contributed by atoms with van der Waals surface area (Å²) < 4.78 is 0. The lowest BCUT2D eigenvalue weighted by Crippen LogP contribution is -2.46. The minimum Gasteiger partial charge on any atom is -0.389 e. The van der Waals surface area contributed by atoms with Crippen molar-refractivity contribution in [3.63, 3.8) is 0 Å². The van der Waals surface area contributed by atoms with E-state index in [9.17, 15) is 10.2 Å². The van der Waals surface area contributed by atoms with Crippen LogP contribution in [0.1, 0.15) is 33.1 Å². The summed E-state index contributed by atoms with van der Waals surface area (Å²) in [5.74, 6) is 0. The zero-order valence-corrected chi connectivity index (χ0v) is 7.95. The Balaban J connectivity index is 2.39. The third kappa shape index (κ3) is 3.09. The maximum Gasteiger partial charge on any atom is 0.107 e. The molecule has 3 nitrogen and oxygen atoms in total. The molecule has 12 heavy (non-hydrogen) atoms. The van der Waals surface area contributed by atoms with Crippen molar-refractivity contribution in [2.24, 2.45) is 0 Å². The molecule has 0 aliphatic carbocycles. The maximum absolute atomic E-state index is 9.55. The van der Waals surface area contributed by atoms with Crippen LogP contribution < -0.4 is 0 Å². The fourth-order valence-corrected chi connectivity index (χ4v) is 1.65. The molecule has 72 valence electrons. The van der Waals surface area contributed by atoms with E-state index in [1.807, 2.05) is 4.90 Å². The zero-order chi connectivity index (χ0) is 9.19. The van der Waals surface area contributed by atoms with Gasteiger partial charge < -0.3 is 10.2 Å². The van der Waals surface area contributed by atoms with Crippen molar-refractivity contribution in [1.29, 1.82) is 0 Å². The van der Waals surface area contributed by atoms with Crippen molar-refractivity contribution in [2.45, 2.75) is 44.9 Å². The van der Waals surface area contributed by atoms with E-state index in [1.54, 1.807) is 13.8 Å². The summed E-state index contributed by atoms with van der Waals surface area (Å²) in [5.41, 5.74) is -0.696. The van der Waals surface area contributed by atoms with Crippen molar-refractivity contribution in [3.05, 3.63) is 0 Å². The van der Waals surface area contributed by atoms with Gasteiger partial charge in [0.2, 0.25) is 0 Å². The van der Waals surface area contributed by atoms with Gasteiger partial charge in [0, 0.05) is 13.1 Å². The van der Waals surface area contributed by atoms with Crippen LogP contribution in [0.25, 0.3) is 0 Å². The molecule has 2 N–H and O–H groups in total. The molecule has 0 radical (unpaired) electrons. The first-order chi connectivity index (χ1) is 5.49. The first-order valence-corrected chi connectivity index (χ1v) is 4.63. The van der Waals surface area contributed by atoms with E-state index < -0.39 is 5.60 Å². The number of hydrogen-bond donors (Lipinski definition) is 2. The fourth-order valence-electron chi connectivity index (χ4n) is 1.65. The van der Waals surface area contributed by atoms with E-state index >= 15 is 0 Å². The number of aliphatic hydroxyl groups is 2. The second kappa shape index (κ2) is 3.73. The lowest BCUT2D eigenvalue weighted by atomic mass is 10.1. The van der Waals surface area contributed by atoms with Gasteiger partial charge in [-0.3, -0.25) is 4.90 Å². The third-order valence-electron chi connectivity index (χ3n) is 2.17. The Labute approximate surface area is 74.0 Å². The monoisotopic (exact) mass is 173 g/mol. The predicted molar refractivity (Wildman–Crippen MR) is 47.7 cm³/mol. The predicted octanol–water partition coefficient (Wildman–Crippen LogP) is 0.562. The fraction of sp³-hybridized carbons (Fsp3) is 1.00. The van der Waals surface area contributed by atoms with Gasteiger partial charge in [-0.15, -0.1) is 0 Å². The van der Waals surface area contributed by atoms with Crippen LogP contribution >= 0.6 is 0 Å². The molecule has 1 aliphatic heterocycles. The molecule has 0 aromatic rings. The number of aliphatic hydroxyl groups excluding tert-OH is 1. The van der Waals surface area contributed by atoms with Crippen LogP contribution in [0.2, 0.25) is 0 Å². The molecule has 0 spiro atoms. The highest BCUT2D eigenvalue weighted by Crippen LogP contribution is 2.17. The van der Waals surface area contributed by atoms with Crippen LogP contribution in [0.5, 0.6) is 0 Å². The van der Waals surface area contributed by atoms with Gasteiger partial charge in [-0.1, -0.05) is 0 Å². The second-order valence-electron chi connectivity index (χ2n) is 4.26. The van der Waals surface area contributed by atoms with Crippen molar-refractivity contribution in [2.75, 3.05) is 13.1 Å². The Morgan fingerprint density at radius 2 is 2.08 bits per heavy atom. The number of piperidine rings is 1. The average Bonchev–Trinajstić information content (AvgIpc) is 1.91. The average molecular weight is 173 g/mol. The summed E-state index contributed by atoms with van der Waals surface area (Å²) in [5, 5.41) is 19.1. The highest BCUT2D eigenvalue weighted by Gasteiger charge is 2.25. The van der Waals surface area contributed by atoms with Gasteiger partial charge >= 0.3 is 0 Å². The van der Waals surface area contributed by atoms with E-state index in [0.29, 0.717) is 6.54 Å². The van der Waals surface area contributed by atoms with E-state index in [1.165, 1.54) is 0 Å². The molecule has 0 bridgehead atoms. The molecular weight excluding hydrogens is 154 g/mol. The smallest absolute Gasteiger partial charge is 0.107 e. The van der Waals surface area contributed by atoms with Crippen LogP contribution in [-0.4, -0.2) is 40.0 Å². The van der Waals surface area contributed by atoms with Gasteiger partial charge in [0.1, 0.15) is 6.23 Å². The summed E-state index contributed by atoms with van der Waals surface area (Å²) >= 11 is 0. The van der Waals surface area contributed by atoms with E-state index in [4.69, 9.17) is 0 Å². The van der Waals surface area contributed by atoms with Crippen LogP contribution in [0.3, 0.4) is 0 Å². The van der Waals surface area contributed by atoms with Crippen molar-refractivity contribution in [3.8, 4) is 0 Å². The lowest BCUT2D eigenvalue weighted by Gasteiger charge is -2.35. The summed E-state index contributed by atoms with van der Waals surface area (Å²) in [6, 6.07) is 0. The molecule has 0 aromatic carbocycles. The van der Waals surface area contributed by atoms with E-state index in [0.717, 1.165) is 25.8 Å². The van der Waals surface area contributed by atoms with Gasteiger partial charge in [0.25, 0.3) is 0 Å². The van der Waals surface area contributed by atoms with Crippen molar-refractivity contribution in [1.82, 2.24) is 4.90 Å². The minimum atomic E-state index is -0.696. The van der Waals surface area contributed by atoms with Crippen molar-refractivity contribution < 1.29 is 10.2 Å². The molecule has 0 aromatic heterocycles. The quantitative estimate of drug-likeness (QED) is 0.641. The topological polar surface area (TPSA) is 43.7 Å². The highest BCUT2D eigenvalue weighted by atomic mass is 16.3. The number of β-amino-alcohol motifs (C(OH)–C–C–N with tert-alkyl or cyclic N) is 1. The Hall–Kier alpha value is -0.120. The number of nitrogens with zero attached hydrogens (tertiary/aromatic N) is 1. The van der Waals surface area contributed by atoms with Gasteiger partial charge in [0.15, 0.2) is 0 Å².